The molecule has 4 N–H and O–H groups in total. The van der Waals surface area contributed by atoms with Crippen LogP contribution in [-0.4, -0.2) is 16.2 Å². The monoisotopic (exact) mass is 313 g/mol. The van der Waals surface area contributed by atoms with Crippen LogP contribution in [0.3, 0.4) is 0 Å². The molecular weight excluding hydrogens is 307 g/mol. The molecule has 1 atom stereocenters. The predicted octanol–water partition coefficient (Wildman–Crippen LogP) is 2.17. The summed E-state index contributed by atoms with van der Waals surface area (Å²) in [6.45, 7) is 0. The summed E-state index contributed by atoms with van der Waals surface area (Å²) < 4.78 is 37.5. The van der Waals surface area contributed by atoms with Crippen LogP contribution in [0.25, 0.3) is 0 Å². The Morgan fingerprint density at radius 2 is 1.94 bits per heavy atom. The number of hydrogen-bond acceptors (Lipinski definition) is 3. The van der Waals surface area contributed by atoms with Gasteiger partial charge in [0.15, 0.2) is 6.10 Å². The Morgan fingerprint density at radius 1 is 1.41 bits per heavy atom. The van der Waals surface area contributed by atoms with Gasteiger partial charge in [-0.15, -0.1) is 0 Å². The highest BCUT2D eigenvalue weighted by atomic mass is 79.9. The van der Waals surface area contributed by atoms with E-state index in [1.165, 1.54) is 0 Å². The molecule has 94 valence electrons. The number of carboxylic acid groups (broad SMARTS) is 1. The Labute approximate surface area is 102 Å². The number of rotatable bonds is 2. The van der Waals surface area contributed by atoms with Gasteiger partial charge < -0.3 is 15.9 Å². The zero-order valence-corrected chi connectivity index (χ0v) is 9.71. The van der Waals surface area contributed by atoms with Crippen LogP contribution in [-0.2, 0) is 11.0 Å². The third kappa shape index (κ3) is 2.89. The van der Waals surface area contributed by atoms with Gasteiger partial charge in [-0.05, 0) is 33.6 Å². The zero-order chi connectivity index (χ0) is 13.4. The molecule has 1 aromatic rings. The lowest BCUT2D eigenvalue weighted by molar-refractivity contribution is -0.147. The summed E-state index contributed by atoms with van der Waals surface area (Å²) in [4.78, 5) is 10.5. The van der Waals surface area contributed by atoms with Crippen molar-refractivity contribution in [2.24, 2.45) is 0 Å². The summed E-state index contributed by atoms with van der Waals surface area (Å²) in [5, 5.41) is 17.7. The molecule has 0 spiro atoms. The van der Waals surface area contributed by atoms with Crippen LogP contribution in [0, 0.1) is 0 Å². The van der Waals surface area contributed by atoms with Crippen molar-refractivity contribution in [2.45, 2.75) is 12.3 Å². The van der Waals surface area contributed by atoms with Crippen molar-refractivity contribution in [1.29, 1.82) is 0 Å². The molecule has 0 aliphatic carbocycles. The van der Waals surface area contributed by atoms with Gasteiger partial charge in [0.1, 0.15) is 0 Å². The average molecular weight is 314 g/mol. The maximum Gasteiger partial charge on any atom is 0.418 e. The third-order valence-corrected chi connectivity index (χ3v) is 2.66. The highest BCUT2D eigenvalue weighted by molar-refractivity contribution is 9.10. The highest BCUT2D eigenvalue weighted by Gasteiger charge is 2.35. The van der Waals surface area contributed by atoms with Crippen molar-refractivity contribution < 1.29 is 28.2 Å². The Bertz CT molecular complexity index is 462. The molecule has 0 amide bonds. The summed E-state index contributed by atoms with van der Waals surface area (Å²) in [5.74, 6) is -1.64. The number of hydrogen-bond donors (Lipinski definition) is 3. The molecular formula is C9H7BrF3NO3. The first-order chi connectivity index (χ1) is 7.64. The molecule has 0 radical (unpaired) electrons. The number of nitrogen functional groups attached to an aromatic ring is 1. The lowest BCUT2D eigenvalue weighted by atomic mass is 10.0. The summed E-state index contributed by atoms with van der Waals surface area (Å²) in [6, 6.07) is 1.54. The molecule has 0 saturated carbocycles. The largest absolute Gasteiger partial charge is 0.479 e. The van der Waals surface area contributed by atoms with Crippen molar-refractivity contribution in [1.82, 2.24) is 0 Å². The van der Waals surface area contributed by atoms with Gasteiger partial charge in [0.25, 0.3) is 0 Å². The first-order valence-electron chi connectivity index (χ1n) is 4.21. The summed E-state index contributed by atoms with van der Waals surface area (Å²) >= 11 is 2.78. The number of aliphatic hydroxyl groups is 1. The minimum Gasteiger partial charge on any atom is -0.479 e. The van der Waals surface area contributed by atoms with Crippen LogP contribution < -0.4 is 5.73 Å². The second kappa shape index (κ2) is 4.53. The van der Waals surface area contributed by atoms with Gasteiger partial charge in [-0.2, -0.15) is 13.2 Å². The molecule has 0 heterocycles. The number of anilines is 1. The molecule has 0 fully saturated rings. The second-order valence-corrected chi connectivity index (χ2v) is 4.06. The molecule has 0 saturated heterocycles. The number of carboxylic acids is 1. The lowest BCUT2D eigenvalue weighted by Gasteiger charge is -2.14. The standard InChI is InChI=1S/C9H7BrF3NO3/c10-5-2-3(7(15)8(16)17)1-4(6(5)14)9(11,12)13/h1-2,7,15H,14H2,(H,16,17). The predicted molar refractivity (Wildman–Crippen MR) is 56.2 cm³/mol. The number of benzene rings is 1. The fraction of sp³-hybridized carbons (Fsp3) is 0.222. The van der Waals surface area contributed by atoms with E-state index in [2.05, 4.69) is 15.9 Å². The van der Waals surface area contributed by atoms with Crippen molar-refractivity contribution in [3.8, 4) is 0 Å². The SMILES string of the molecule is Nc1c(Br)cc(C(O)C(=O)O)cc1C(F)(F)F. The van der Waals surface area contributed by atoms with E-state index < -0.39 is 35.1 Å². The van der Waals surface area contributed by atoms with E-state index in [1.807, 2.05) is 0 Å². The van der Waals surface area contributed by atoms with E-state index in [0.717, 1.165) is 6.07 Å². The van der Waals surface area contributed by atoms with Crippen LogP contribution >= 0.6 is 15.9 Å². The number of alkyl halides is 3. The Kier molecular flexibility index (Phi) is 3.68. The topological polar surface area (TPSA) is 83.5 Å². The number of halogens is 4. The summed E-state index contributed by atoms with van der Waals surface area (Å²) in [7, 11) is 0. The van der Waals surface area contributed by atoms with E-state index in [9.17, 15) is 23.1 Å². The maximum atomic E-state index is 12.5. The van der Waals surface area contributed by atoms with E-state index in [0.29, 0.717) is 6.07 Å². The molecule has 0 bridgehead atoms. The number of carbonyl (C=O) groups is 1. The van der Waals surface area contributed by atoms with Crippen LogP contribution in [0.5, 0.6) is 0 Å². The Hall–Kier alpha value is -1.28. The van der Waals surface area contributed by atoms with Crippen molar-refractivity contribution in [3.05, 3.63) is 27.7 Å². The van der Waals surface area contributed by atoms with Gasteiger partial charge in [-0.25, -0.2) is 4.79 Å². The van der Waals surface area contributed by atoms with E-state index in [-0.39, 0.29) is 4.47 Å². The first-order valence-corrected chi connectivity index (χ1v) is 5.01. The van der Waals surface area contributed by atoms with Gasteiger partial charge in [0.2, 0.25) is 0 Å². The second-order valence-electron chi connectivity index (χ2n) is 3.20. The number of aliphatic hydroxyl groups excluding tert-OH is 1. The van der Waals surface area contributed by atoms with E-state index >= 15 is 0 Å². The van der Waals surface area contributed by atoms with Crippen molar-refractivity contribution in [2.75, 3.05) is 5.73 Å². The van der Waals surface area contributed by atoms with Gasteiger partial charge in [0, 0.05) is 4.47 Å². The van der Waals surface area contributed by atoms with Crippen LogP contribution in [0.4, 0.5) is 18.9 Å². The van der Waals surface area contributed by atoms with Gasteiger partial charge >= 0.3 is 12.1 Å². The zero-order valence-electron chi connectivity index (χ0n) is 8.12. The Balaban J connectivity index is 3.39. The highest BCUT2D eigenvalue weighted by Crippen LogP contribution is 2.38. The van der Waals surface area contributed by atoms with Crippen molar-refractivity contribution in [3.63, 3.8) is 0 Å². The van der Waals surface area contributed by atoms with E-state index in [1.54, 1.807) is 0 Å². The molecule has 1 unspecified atom stereocenters. The van der Waals surface area contributed by atoms with Gasteiger partial charge in [0.05, 0.1) is 11.3 Å². The maximum absolute atomic E-state index is 12.5. The molecule has 8 heteroatoms. The first kappa shape index (κ1) is 13.8. The molecule has 0 aliphatic heterocycles. The van der Waals surface area contributed by atoms with Gasteiger partial charge in [-0.1, -0.05) is 0 Å². The molecule has 17 heavy (non-hydrogen) atoms. The average Bonchev–Trinajstić information content (AvgIpc) is 2.18. The van der Waals surface area contributed by atoms with Crippen LogP contribution in [0.15, 0.2) is 16.6 Å². The number of aliphatic carboxylic acids is 1. The summed E-state index contributed by atoms with van der Waals surface area (Å²) in [5.41, 5.74) is 3.07. The number of nitrogens with two attached hydrogens (primary N) is 1. The summed E-state index contributed by atoms with van der Waals surface area (Å²) in [6.07, 6.45) is -6.76. The minimum absolute atomic E-state index is 0.123. The lowest BCUT2D eigenvalue weighted by Crippen LogP contribution is -2.15. The molecule has 4 nitrogen and oxygen atoms in total. The molecule has 0 aliphatic rings. The smallest absolute Gasteiger partial charge is 0.418 e. The third-order valence-electron chi connectivity index (χ3n) is 2.01. The van der Waals surface area contributed by atoms with Crippen LogP contribution in [0.2, 0.25) is 0 Å². The fourth-order valence-corrected chi connectivity index (χ4v) is 1.65. The van der Waals surface area contributed by atoms with Crippen molar-refractivity contribution >= 4 is 27.6 Å². The molecule has 1 aromatic carbocycles. The molecule has 1 rings (SSSR count). The minimum atomic E-state index is -4.72. The Morgan fingerprint density at radius 3 is 2.35 bits per heavy atom. The fourth-order valence-electron chi connectivity index (χ4n) is 1.17. The van der Waals surface area contributed by atoms with E-state index in [4.69, 9.17) is 10.8 Å². The van der Waals surface area contributed by atoms with Gasteiger partial charge in [-0.3, -0.25) is 0 Å². The normalized spacial score (nSPS) is 13.5. The van der Waals surface area contributed by atoms with Crippen LogP contribution in [0.1, 0.15) is 17.2 Å². The molecule has 0 aromatic heterocycles. The quantitative estimate of drug-likeness (QED) is 0.731.